The molecule has 25 heavy (non-hydrogen) atoms. The Bertz CT molecular complexity index is 536. The molecule has 0 saturated carbocycles. The highest BCUT2D eigenvalue weighted by atomic mass is 16.2. The number of likely N-dealkylation sites (tertiary alicyclic amines) is 2. The molecule has 0 spiro atoms. The number of carbonyl (C=O) groups is 1. The number of carbonyl (C=O) groups excluding carboxylic acids is 1. The fraction of sp³-hybridized carbons (Fsp3) is 0.700. The highest BCUT2D eigenvalue weighted by Crippen LogP contribution is 2.20. The Morgan fingerprint density at radius 1 is 1.12 bits per heavy atom. The van der Waals surface area contributed by atoms with Gasteiger partial charge in [-0.05, 0) is 63.4 Å². The van der Waals surface area contributed by atoms with E-state index in [1.165, 1.54) is 37.8 Å². The summed E-state index contributed by atoms with van der Waals surface area (Å²) in [6.07, 6.45) is 10.9. The van der Waals surface area contributed by atoms with E-state index >= 15 is 0 Å². The zero-order chi connectivity index (χ0) is 17.5. The van der Waals surface area contributed by atoms with E-state index in [9.17, 15) is 4.79 Å². The summed E-state index contributed by atoms with van der Waals surface area (Å²) in [5.74, 6) is 0.207. The highest BCUT2D eigenvalue weighted by Gasteiger charge is 2.28. The Morgan fingerprint density at radius 3 is 2.60 bits per heavy atom. The highest BCUT2D eigenvalue weighted by molar-refractivity contribution is 5.81. The van der Waals surface area contributed by atoms with E-state index in [1.54, 1.807) is 0 Å². The van der Waals surface area contributed by atoms with Gasteiger partial charge in [0.15, 0.2) is 0 Å². The number of aromatic nitrogens is 1. The Kier molecular flexibility index (Phi) is 6.82. The van der Waals surface area contributed by atoms with Crippen LogP contribution in [0.1, 0.15) is 51.0 Å². The summed E-state index contributed by atoms with van der Waals surface area (Å²) in [7, 11) is 0. The molecule has 1 aromatic heterocycles. The molecule has 2 aliphatic heterocycles. The maximum absolute atomic E-state index is 12.7. The van der Waals surface area contributed by atoms with E-state index in [0.717, 1.165) is 39.0 Å². The summed E-state index contributed by atoms with van der Waals surface area (Å²) >= 11 is 0. The van der Waals surface area contributed by atoms with Gasteiger partial charge >= 0.3 is 0 Å². The number of rotatable bonds is 6. The Labute approximate surface area is 151 Å². The maximum atomic E-state index is 12.7. The quantitative estimate of drug-likeness (QED) is 0.861. The van der Waals surface area contributed by atoms with Gasteiger partial charge in [-0.1, -0.05) is 12.8 Å². The van der Waals surface area contributed by atoms with Crippen molar-refractivity contribution in [3.8, 4) is 0 Å². The van der Waals surface area contributed by atoms with Gasteiger partial charge in [-0.3, -0.25) is 19.6 Å². The van der Waals surface area contributed by atoms with Gasteiger partial charge in [-0.25, -0.2) is 0 Å². The molecular formula is C20H32N4O. The monoisotopic (exact) mass is 344 g/mol. The number of hydrogen-bond acceptors (Lipinski definition) is 4. The summed E-state index contributed by atoms with van der Waals surface area (Å²) in [4.78, 5) is 21.7. The minimum Gasteiger partial charge on any atom is -0.353 e. The van der Waals surface area contributed by atoms with Crippen molar-refractivity contribution in [3.63, 3.8) is 0 Å². The molecule has 1 N–H and O–H groups in total. The van der Waals surface area contributed by atoms with E-state index in [0.29, 0.717) is 6.04 Å². The van der Waals surface area contributed by atoms with E-state index in [-0.39, 0.29) is 11.9 Å². The van der Waals surface area contributed by atoms with Crippen LogP contribution in [0, 0.1) is 0 Å². The molecule has 1 amide bonds. The first-order valence-corrected chi connectivity index (χ1v) is 9.89. The van der Waals surface area contributed by atoms with E-state index in [1.807, 2.05) is 24.5 Å². The summed E-state index contributed by atoms with van der Waals surface area (Å²) in [5, 5.41) is 3.20. The zero-order valence-corrected chi connectivity index (χ0v) is 15.5. The van der Waals surface area contributed by atoms with Gasteiger partial charge in [0, 0.05) is 38.1 Å². The van der Waals surface area contributed by atoms with Crippen LogP contribution < -0.4 is 5.32 Å². The van der Waals surface area contributed by atoms with Crippen LogP contribution in [0.15, 0.2) is 24.5 Å². The molecule has 3 rings (SSSR count). The van der Waals surface area contributed by atoms with Crippen LogP contribution in [0.2, 0.25) is 0 Å². The molecule has 1 aromatic rings. The van der Waals surface area contributed by atoms with Gasteiger partial charge in [0.1, 0.15) is 0 Å². The maximum Gasteiger partial charge on any atom is 0.237 e. The lowest BCUT2D eigenvalue weighted by Crippen LogP contribution is -2.50. The van der Waals surface area contributed by atoms with Crippen molar-refractivity contribution in [1.29, 1.82) is 0 Å². The van der Waals surface area contributed by atoms with Crippen molar-refractivity contribution < 1.29 is 4.79 Å². The lowest BCUT2D eigenvalue weighted by atomic mass is 10.0. The fourth-order valence-corrected chi connectivity index (χ4v) is 4.13. The van der Waals surface area contributed by atoms with Crippen molar-refractivity contribution in [2.45, 2.75) is 64.1 Å². The molecule has 3 heterocycles. The number of pyridine rings is 1. The normalized spacial score (nSPS) is 25.6. The van der Waals surface area contributed by atoms with E-state index < -0.39 is 0 Å². The van der Waals surface area contributed by atoms with Gasteiger partial charge in [0.25, 0.3) is 0 Å². The predicted octanol–water partition coefficient (Wildman–Crippen LogP) is 2.43. The Hall–Kier alpha value is -1.46. The average molecular weight is 345 g/mol. The minimum absolute atomic E-state index is 0.0145. The number of nitrogens with zero attached hydrogens (tertiary/aromatic N) is 3. The van der Waals surface area contributed by atoms with Gasteiger partial charge in [0.05, 0.1) is 6.04 Å². The van der Waals surface area contributed by atoms with Crippen LogP contribution >= 0.6 is 0 Å². The molecule has 5 nitrogen and oxygen atoms in total. The molecule has 2 saturated heterocycles. The second kappa shape index (κ2) is 9.30. The zero-order valence-electron chi connectivity index (χ0n) is 15.5. The number of amides is 1. The van der Waals surface area contributed by atoms with Crippen LogP contribution in [0.4, 0.5) is 0 Å². The average Bonchev–Trinajstić information content (AvgIpc) is 2.64. The van der Waals surface area contributed by atoms with Crippen LogP contribution in [-0.4, -0.2) is 59.0 Å². The van der Waals surface area contributed by atoms with Gasteiger partial charge in [-0.2, -0.15) is 0 Å². The third-order valence-corrected chi connectivity index (χ3v) is 5.69. The van der Waals surface area contributed by atoms with Crippen LogP contribution in [0.5, 0.6) is 0 Å². The number of hydrogen-bond donors (Lipinski definition) is 1. The van der Waals surface area contributed by atoms with Crippen molar-refractivity contribution >= 4 is 5.91 Å². The second-order valence-electron chi connectivity index (χ2n) is 7.51. The summed E-state index contributed by atoms with van der Waals surface area (Å²) < 4.78 is 0. The SMILES string of the molecule is C[C@H]1CCCCN1CCNC(=O)[C@H]1CCCCN1Cc1ccncc1. The second-order valence-corrected chi connectivity index (χ2v) is 7.51. The van der Waals surface area contributed by atoms with Crippen molar-refractivity contribution in [2.75, 3.05) is 26.2 Å². The molecule has 138 valence electrons. The summed E-state index contributed by atoms with van der Waals surface area (Å²) in [5.41, 5.74) is 1.23. The predicted molar refractivity (Wildman–Crippen MR) is 100 cm³/mol. The van der Waals surface area contributed by atoms with Crippen LogP contribution in [0.25, 0.3) is 0 Å². The Morgan fingerprint density at radius 2 is 1.84 bits per heavy atom. The summed E-state index contributed by atoms with van der Waals surface area (Å²) in [6, 6.07) is 4.76. The molecule has 2 atom stereocenters. The van der Waals surface area contributed by atoms with Gasteiger partial charge in [-0.15, -0.1) is 0 Å². The first-order valence-electron chi connectivity index (χ1n) is 9.89. The van der Waals surface area contributed by atoms with Crippen LogP contribution in [-0.2, 0) is 11.3 Å². The summed E-state index contributed by atoms with van der Waals surface area (Å²) in [6.45, 7) is 7.06. The number of piperidine rings is 2. The molecule has 0 unspecified atom stereocenters. The lowest BCUT2D eigenvalue weighted by Gasteiger charge is -2.36. The largest absolute Gasteiger partial charge is 0.353 e. The van der Waals surface area contributed by atoms with Gasteiger partial charge < -0.3 is 5.32 Å². The van der Waals surface area contributed by atoms with E-state index in [2.05, 4.69) is 27.0 Å². The first-order chi connectivity index (χ1) is 12.2. The first kappa shape index (κ1) is 18.3. The lowest BCUT2D eigenvalue weighted by molar-refractivity contribution is -0.128. The van der Waals surface area contributed by atoms with Crippen molar-refractivity contribution in [1.82, 2.24) is 20.1 Å². The standard InChI is InChI=1S/C20H32N4O/c1-17-6-2-4-13-23(17)15-12-22-20(25)19-7-3-5-14-24(19)16-18-8-10-21-11-9-18/h8-11,17,19H,2-7,12-16H2,1H3,(H,22,25)/t17-,19+/m0/s1. The Balaban J connectivity index is 1.48. The molecule has 5 heteroatoms. The number of nitrogens with one attached hydrogen (secondary N) is 1. The van der Waals surface area contributed by atoms with Crippen molar-refractivity contribution in [2.24, 2.45) is 0 Å². The van der Waals surface area contributed by atoms with Crippen molar-refractivity contribution in [3.05, 3.63) is 30.1 Å². The molecular weight excluding hydrogens is 312 g/mol. The third kappa shape index (κ3) is 5.25. The fourth-order valence-electron chi connectivity index (χ4n) is 4.13. The third-order valence-electron chi connectivity index (χ3n) is 5.69. The topological polar surface area (TPSA) is 48.5 Å². The van der Waals surface area contributed by atoms with Crippen LogP contribution in [0.3, 0.4) is 0 Å². The molecule has 0 aromatic carbocycles. The minimum atomic E-state index is 0.0145. The molecule has 2 fully saturated rings. The molecule has 2 aliphatic rings. The van der Waals surface area contributed by atoms with Gasteiger partial charge in [0.2, 0.25) is 5.91 Å². The molecule has 0 aliphatic carbocycles. The smallest absolute Gasteiger partial charge is 0.237 e. The molecule has 0 radical (unpaired) electrons. The van der Waals surface area contributed by atoms with E-state index in [4.69, 9.17) is 0 Å². The molecule has 0 bridgehead atoms.